The summed E-state index contributed by atoms with van der Waals surface area (Å²) in [5, 5.41) is 5.85. The highest BCUT2D eigenvalue weighted by Gasteiger charge is 2.28. The Balaban J connectivity index is 1.84. The molecular weight excluding hydrogens is 396 g/mol. The van der Waals surface area contributed by atoms with Crippen molar-refractivity contribution in [2.75, 3.05) is 16.9 Å². The number of anilines is 3. The van der Waals surface area contributed by atoms with Crippen molar-refractivity contribution in [2.45, 2.75) is 30.2 Å². The zero-order chi connectivity index (χ0) is 21.2. The minimum atomic E-state index is -3.33. The molecule has 1 aliphatic carbocycles. The first-order valence-corrected chi connectivity index (χ1v) is 10.8. The smallest absolute Gasteiger partial charge is 0.271 e. The summed E-state index contributed by atoms with van der Waals surface area (Å²) in [5.74, 6) is -0.491. The molecule has 0 spiro atoms. The molecule has 0 unspecified atom stereocenters. The molecule has 1 fully saturated rings. The molecule has 1 heterocycles. The fourth-order valence-corrected chi connectivity index (χ4v) is 3.39. The van der Waals surface area contributed by atoms with Gasteiger partial charge in [-0.3, -0.25) is 9.59 Å². The standard InChI is InChI=1S/C18H22N6O4S/c1-29(27,28)12-6-4-11(5-7-12)22-18-15(17(20)26)21-9-14(24-18)23-13(16(19)25)8-10-2-3-10/h4-7,9-10,13H,2-3,8H2,1H3,(H2,19,25)(H2,20,26)(H2,22,23,24)/t13-/m1/s1. The van der Waals surface area contributed by atoms with Crippen LogP contribution in [0.15, 0.2) is 35.4 Å². The molecule has 29 heavy (non-hydrogen) atoms. The first kappa shape index (κ1) is 20.5. The Morgan fingerprint density at radius 1 is 1.21 bits per heavy atom. The first-order chi connectivity index (χ1) is 13.6. The van der Waals surface area contributed by atoms with Gasteiger partial charge in [0.05, 0.1) is 11.1 Å². The Kier molecular flexibility index (Phi) is 5.69. The summed E-state index contributed by atoms with van der Waals surface area (Å²) in [6, 6.07) is 5.31. The Morgan fingerprint density at radius 3 is 2.38 bits per heavy atom. The molecular formula is C18H22N6O4S. The van der Waals surface area contributed by atoms with Gasteiger partial charge in [-0.25, -0.2) is 18.4 Å². The largest absolute Gasteiger partial charge is 0.368 e. The molecule has 0 bridgehead atoms. The van der Waals surface area contributed by atoms with Crippen LogP contribution in [0.2, 0.25) is 0 Å². The van der Waals surface area contributed by atoms with Crippen molar-refractivity contribution in [3.05, 3.63) is 36.2 Å². The number of sulfone groups is 1. The SMILES string of the molecule is CS(=O)(=O)c1ccc(Nc2nc(N[C@H](CC3CC3)C(N)=O)cnc2C(N)=O)cc1. The van der Waals surface area contributed by atoms with E-state index in [-0.39, 0.29) is 22.2 Å². The molecule has 6 N–H and O–H groups in total. The normalized spacial score (nSPS) is 14.8. The fourth-order valence-electron chi connectivity index (χ4n) is 2.76. The van der Waals surface area contributed by atoms with E-state index in [0.29, 0.717) is 18.0 Å². The van der Waals surface area contributed by atoms with Crippen LogP contribution >= 0.6 is 0 Å². The van der Waals surface area contributed by atoms with E-state index < -0.39 is 27.7 Å². The lowest BCUT2D eigenvalue weighted by Crippen LogP contribution is -2.36. The van der Waals surface area contributed by atoms with E-state index in [2.05, 4.69) is 20.6 Å². The Labute approximate surface area is 168 Å². The van der Waals surface area contributed by atoms with Gasteiger partial charge in [0.25, 0.3) is 5.91 Å². The third-order valence-electron chi connectivity index (χ3n) is 4.48. The zero-order valence-electron chi connectivity index (χ0n) is 15.8. The number of aromatic nitrogens is 2. The van der Waals surface area contributed by atoms with Crippen molar-refractivity contribution in [2.24, 2.45) is 17.4 Å². The van der Waals surface area contributed by atoms with E-state index >= 15 is 0 Å². The molecule has 1 aromatic heterocycles. The van der Waals surface area contributed by atoms with Crippen LogP contribution in [0.5, 0.6) is 0 Å². The van der Waals surface area contributed by atoms with Gasteiger partial charge in [0.2, 0.25) is 5.91 Å². The summed E-state index contributed by atoms with van der Waals surface area (Å²) in [5.41, 5.74) is 11.2. The average molecular weight is 418 g/mol. The van der Waals surface area contributed by atoms with Gasteiger partial charge in [0.1, 0.15) is 11.9 Å². The number of hydrogen-bond donors (Lipinski definition) is 4. The van der Waals surface area contributed by atoms with E-state index in [4.69, 9.17) is 11.5 Å². The number of nitrogens with two attached hydrogens (primary N) is 2. The van der Waals surface area contributed by atoms with E-state index in [0.717, 1.165) is 19.1 Å². The van der Waals surface area contributed by atoms with E-state index in [1.807, 2.05) is 0 Å². The van der Waals surface area contributed by atoms with Crippen LogP contribution in [0.1, 0.15) is 29.8 Å². The van der Waals surface area contributed by atoms with Crippen molar-refractivity contribution in [3.63, 3.8) is 0 Å². The number of carbonyl (C=O) groups excluding carboxylic acids is 2. The molecule has 0 radical (unpaired) electrons. The molecule has 10 nitrogen and oxygen atoms in total. The first-order valence-electron chi connectivity index (χ1n) is 8.93. The van der Waals surface area contributed by atoms with Gasteiger partial charge in [0, 0.05) is 11.9 Å². The predicted molar refractivity (Wildman–Crippen MR) is 107 cm³/mol. The second-order valence-electron chi connectivity index (χ2n) is 7.02. The van der Waals surface area contributed by atoms with E-state index in [1.54, 1.807) is 0 Å². The lowest BCUT2D eigenvalue weighted by Gasteiger charge is -2.17. The van der Waals surface area contributed by atoms with Crippen LogP contribution < -0.4 is 22.1 Å². The summed E-state index contributed by atoms with van der Waals surface area (Å²) >= 11 is 0. The van der Waals surface area contributed by atoms with Crippen LogP contribution in [-0.4, -0.2) is 42.5 Å². The molecule has 11 heteroatoms. The van der Waals surface area contributed by atoms with Crippen LogP contribution in [0.4, 0.5) is 17.3 Å². The molecule has 154 valence electrons. The topological polar surface area (TPSA) is 170 Å². The van der Waals surface area contributed by atoms with Crippen LogP contribution in [-0.2, 0) is 14.6 Å². The maximum Gasteiger partial charge on any atom is 0.271 e. The van der Waals surface area contributed by atoms with Gasteiger partial charge in [-0.15, -0.1) is 0 Å². The van der Waals surface area contributed by atoms with Gasteiger partial charge < -0.3 is 22.1 Å². The van der Waals surface area contributed by atoms with Crippen LogP contribution in [0.25, 0.3) is 0 Å². The molecule has 3 rings (SSSR count). The van der Waals surface area contributed by atoms with Gasteiger partial charge in [-0.2, -0.15) is 0 Å². The van der Waals surface area contributed by atoms with Crippen molar-refractivity contribution in [1.82, 2.24) is 9.97 Å². The average Bonchev–Trinajstić information content (AvgIpc) is 3.45. The third-order valence-corrected chi connectivity index (χ3v) is 5.61. The summed E-state index contributed by atoms with van der Waals surface area (Å²) in [7, 11) is -3.33. The molecule has 1 atom stereocenters. The van der Waals surface area contributed by atoms with Gasteiger partial charge >= 0.3 is 0 Å². The van der Waals surface area contributed by atoms with Crippen molar-refractivity contribution in [3.8, 4) is 0 Å². The summed E-state index contributed by atoms with van der Waals surface area (Å²) < 4.78 is 23.2. The second kappa shape index (κ2) is 8.03. The van der Waals surface area contributed by atoms with Crippen LogP contribution in [0, 0.1) is 5.92 Å². The number of primary amides is 2. The monoisotopic (exact) mass is 418 g/mol. The molecule has 0 saturated heterocycles. The highest BCUT2D eigenvalue weighted by Crippen LogP contribution is 2.34. The van der Waals surface area contributed by atoms with E-state index in [9.17, 15) is 18.0 Å². The zero-order valence-corrected chi connectivity index (χ0v) is 16.6. The van der Waals surface area contributed by atoms with Crippen molar-refractivity contribution in [1.29, 1.82) is 0 Å². The third kappa shape index (κ3) is 5.41. The molecule has 1 aliphatic rings. The lowest BCUT2D eigenvalue weighted by atomic mass is 10.1. The predicted octanol–water partition coefficient (Wildman–Crippen LogP) is 0.789. The van der Waals surface area contributed by atoms with E-state index in [1.165, 1.54) is 30.5 Å². The highest BCUT2D eigenvalue weighted by atomic mass is 32.2. The minimum Gasteiger partial charge on any atom is -0.368 e. The number of rotatable bonds is 9. The summed E-state index contributed by atoms with van der Waals surface area (Å²) in [6.07, 6.45) is 5.14. The minimum absolute atomic E-state index is 0.0734. The van der Waals surface area contributed by atoms with Gasteiger partial charge in [-0.1, -0.05) is 12.8 Å². The molecule has 0 aliphatic heterocycles. The van der Waals surface area contributed by atoms with Gasteiger partial charge in [-0.05, 0) is 36.6 Å². The Hall–Kier alpha value is -3.21. The number of nitrogens with zero attached hydrogens (tertiary/aromatic N) is 2. The maximum absolute atomic E-state index is 11.7. The van der Waals surface area contributed by atoms with Crippen molar-refractivity contribution >= 4 is 39.0 Å². The Bertz CT molecular complexity index is 1030. The number of hydrogen-bond acceptors (Lipinski definition) is 8. The second-order valence-corrected chi connectivity index (χ2v) is 9.03. The van der Waals surface area contributed by atoms with Crippen LogP contribution in [0.3, 0.4) is 0 Å². The van der Waals surface area contributed by atoms with Gasteiger partial charge in [0.15, 0.2) is 21.3 Å². The lowest BCUT2D eigenvalue weighted by molar-refractivity contribution is -0.118. The molecule has 1 saturated carbocycles. The summed E-state index contributed by atoms with van der Waals surface area (Å²) in [4.78, 5) is 31.9. The molecule has 1 aromatic carbocycles. The molecule has 2 aromatic rings. The van der Waals surface area contributed by atoms with Crippen molar-refractivity contribution < 1.29 is 18.0 Å². The number of amides is 2. The fraction of sp³-hybridized carbons (Fsp3) is 0.333. The number of benzene rings is 1. The quantitative estimate of drug-likeness (QED) is 0.463. The number of carbonyl (C=O) groups is 2. The maximum atomic E-state index is 11.7. The molecule has 2 amide bonds. The highest BCUT2D eigenvalue weighted by molar-refractivity contribution is 7.90. The Morgan fingerprint density at radius 2 is 1.86 bits per heavy atom. The number of nitrogens with one attached hydrogen (secondary N) is 2. The summed E-state index contributed by atoms with van der Waals surface area (Å²) in [6.45, 7) is 0.